The van der Waals surface area contributed by atoms with E-state index in [-0.39, 0.29) is 24.3 Å². The van der Waals surface area contributed by atoms with E-state index in [4.69, 9.17) is 9.47 Å². The number of hydrogen-bond acceptors (Lipinski definition) is 8. The van der Waals surface area contributed by atoms with Crippen molar-refractivity contribution in [3.8, 4) is 0 Å². The van der Waals surface area contributed by atoms with Crippen molar-refractivity contribution in [1.29, 1.82) is 0 Å². The SMILES string of the molecule is CCOC(=O)COC(=O)c1ccccc1C(=O)OCC(=O)OCC. The molecule has 0 aliphatic rings. The molecule has 1 rings (SSSR count). The summed E-state index contributed by atoms with van der Waals surface area (Å²) in [6.07, 6.45) is 0. The normalized spacial score (nSPS) is 9.75. The first kappa shape index (κ1) is 19.1. The maximum absolute atomic E-state index is 12.0. The lowest BCUT2D eigenvalue weighted by molar-refractivity contribution is -0.147. The lowest BCUT2D eigenvalue weighted by Gasteiger charge is -2.09. The van der Waals surface area contributed by atoms with Gasteiger partial charge >= 0.3 is 23.9 Å². The van der Waals surface area contributed by atoms with Crippen molar-refractivity contribution < 1.29 is 38.1 Å². The summed E-state index contributed by atoms with van der Waals surface area (Å²) in [4.78, 5) is 46.4. The molecule has 0 heterocycles. The molecule has 0 saturated carbocycles. The topological polar surface area (TPSA) is 105 Å². The van der Waals surface area contributed by atoms with Crippen molar-refractivity contribution in [2.45, 2.75) is 13.8 Å². The lowest BCUT2D eigenvalue weighted by Crippen LogP contribution is -2.20. The standard InChI is InChI=1S/C16H18O8/c1-3-21-13(17)9-23-15(19)11-7-5-6-8-12(11)16(20)24-10-14(18)22-4-2/h5-8H,3-4,9-10H2,1-2H3. The van der Waals surface area contributed by atoms with E-state index >= 15 is 0 Å². The molecule has 0 bridgehead atoms. The number of rotatable bonds is 8. The van der Waals surface area contributed by atoms with E-state index in [2.05, 4.69) is 9.47 Å². The van der Waals surface area contributed by atoms with Gasteiger partial charge in [0.1, 0.15) is 0 Å². The number of esters is 4. The Morgan fingerprint density at radius 2 is 1.08 bits per heavy atom. The molecule has 0 aliphatic heterocycles. The molecule has 130 valence electrons. The Morgan fingerprint density at radius 3 is 1.42 bits per heavy atom. The fourth-order valence-electron chi connectivity index (χ4n) is 1.65. The van der Waals surface area contributed by atoms with Crippen LogP contribution in [0.4, 0.5) is 0 Å². The van der Waals surface area contributed by atoms with E-state index in [1.807, 2.05) is 0 Å². The zero-order valence-electron chi connectivity index (χ0n) is 13.4. The van der Waals surface area contributed by atoms with Crippen LogP contribution in [0, 0.1) is 0 Å². The molecule has 0 fully saturated rings. The van der Waals surface area contributed by atoms with Gasteiger partial charge in [0, 0.05) is 0 Å². The van der Waals surface area contributed by atoms with Gasteiger partial charge in [-0.25, -0.2) is 19.2 Å². The second kappa shape index (κ2) is 9.98. The summed E-state index contributed by atoms with van der Waals surface area (Å²) >= 11 is 0. The second-order valence-electron chi connectivity index (χ2n) is 4.31. The number of carbonyl (C=O) groups is 4. The van der Waals surface area contributed by atoms with Gasteiger partial charge in [0.05, 0.1) is 24.3 Å². The largest absolute Gasteiger partial charge is 0.463 e. The summed E-state index contributed by atoms with van der Waals surface area (Å²) in [5.74, 6) is -3.17. The van der Waals surface area contributed by atoms with Crippen molar-refractivity contribution in [3.05, 3.63) is 35.4 Å². The maximum atomic E-state index is 12.0. The van der Waals surface area contributed by atoms with Gasteiger partial charge in [-0.05, 0) is 26.0 Å². The smallest absolute Gasteiger partial charge is 0.344 e. The highest BCUT2D eigenvalue weighted by atomic mass is 16.6. The van der Waals surface area contributed by atoms with Gasteiger partial charge in [0.2, 0.25) is 0 Å². The molecule has 0 unspecified atom stereocenters. The molecule has 0 aliphatic carbocycles. The molecule has 0 aromatic heterocycles. The van der Waals surface area contributed by atoms with Gasteiger partial charge in [-0.3, -0.25) is 0 Å². The summed E-state index contributed by atoms with van der Waals surface area (Å²) < 4.78 is 18.8. The summed E-state index contributed by atoms with van der Waals surface area (Å²) in [7, 11) is 0. The van der Waals surface area contributed by atoms with Crippen LogP contribution in [-0.2, 0) is 28.5 Å². The molecule has 1 aromatic carbocycles. The van der Waals surface area contributed by atoms with Gasteiger partial charge in [0.15, 0.2) is 13.2 Å². The average Bonchev–Trinajstić information content (AvgIpc) is 2.58. The molecule has 1 aromatic rings. The van der Waals surface area contributed by atoms with Crippen molar-refractivity contribution in [2.24, 2.45) is 0 Å². The van der Waals surface area contributed by atoms with Gasteiger partial charge in [-0.1, -0.05) is 12.1 Å². The van der Waals surface area contributed by atoms with Crippen LogP contribution in [0.25, 0.3) is 0 Å². The molecule has 0 N–H and O–H groups in total. The maximum Gasteiger partial charge on any atom is 0.344 e. The van der Waals surface area contributed by atoms with Crippen LogP contribution in [0.3, 0.4) is 0 Å². The molecule has 8 nitrogen and oxygen atoms in total. The van der Waals surface area contributed by atoms with E-state index in [9.17, 15) is 19.2 Å². The van der Waals surface area contributed by atoms with Crippen molar-refractivity contribution in [2.75, 3.05) is 26.4 Å². The Kier molecular flexibility index (Phi) is 7.97. The summed E-state index contributed by atoms with van der Waals surface area (Å²) in [6, 6.07) is 5.72. The molecule has 24 heavy (non-hydrogen) atoms. The lowest BCUT2D eigenvalue weighted by atomic mass is 10.1. The highest BCUT2D eigenvalue weighted by molar-refractivity contribution is 6.03. The van der Waals surface area contributed by atoms with Gasteiger partial charge in [-0.15, -0.1) is 0 Å². The number of ether oxygens (including phenoxy) is 4. The highest BCUT2D eigenvalue weighted by Gasteiger charge is 2.20. The summed E-state index contributed by atoms with van der Waals surface area (Å²) in [6.45, 7) is 2.42. The van der Waals surface area contributed by atoms with Gasteiger partial charge in [-0.2, -0.15) is 0 Å². The van der Waals surface area contributed by atoms with Crippen LogP contribution in [0.5, 0.6) is 0 Å². The van der Waals surface area contributed by atoms with Crippen molar-refractivity contribution >= 4 is 23.9 Å². The first-order valence-electron chi connectivity index (χ1n) is 7.24. The number of benzene rings is 1. The van der Waals surface area contributed by atoms with E-state index in [0.717, 1.165) is 0 Å². The Morgan fingerprint density at radius 1 is 0.708 bits per heavy atom. The number of carbonyl (C=O) groups excluding carboxylic acids is 4. The van der Waals surface area contributed by atoms with Crippen LogP contribution >= 0.6 is 0 Å². The summed E-state index contributed by atoms with van der Waals surface area (Å²) in [5, 5.41) is 0. The Hall–Kier alpha value is -2.90. The van der Waals surface area contributed by atoms with Crippen LogP contribution < -0.4 is 0 Å². The minimum Gasteiger partial charge on any atom is -0.463 e. The Bertz CT molecular complexity index is 555. The Labute approximate surface area is 138 Å². The Balaban J connectivity index is 2.72. The zero-order valence-corrected chi connectivity index (χ0v) is 13.4. The number of hydrogen-bond donors (Lipinski definition) is 0. The highest BCUT2D eigenvalue weighted by Crippen LogP contribution is 2.12. The van der Waals surface area contributed by atoms with Crippen LogP contribution in [0.15, 0.2) is 24.3 Å². The molecular formula is C16H18O8. The molecule has 0 radical (unpaired) electrons. The molecule has 0 atom stereocenters. The minimum absolute atomic E-state index is 0.0874. The third-order valence-electron chi connectivity index (χ3n) is 2.62. The van der Waals surface area contributed by atoms with Gasteiger partial charge < -0.3 is 18.9 Å². The third kappa shape index (κ3) is 6.07. The van der Waals surface area contributed by atoms with Crippen molar-refractivity contribution in [1.82, 2.24) is 0 Å². The monoisotopic (exact) mass is 338 g/mol. The molecule has 0 amide bonds. The second-order valence-corrected chi connectivity index (χ2v) is 4.31. The van der Waals surface area contributed by atoms with E-state index in [0.29, 0.717) is 0 Å². The summed E-state index contributed by atoms with van der Waals surface area (Å²) in [5.41, 5.74) is -0.175. The molecule has 8 heteroatoms. The molecule has 0 saturated heterocycles. The first-order chi connectivity index (χ1) is 11.5. The van der Waals surface area contributed by atoms with Crippen LogP contribution in [0.1, 0.15) is 34.6 Å². The molecule has 0 spiro atoms. The van der Waals surface area contributed by atoms with E-state index in [1.165, 1.54) is 24.3 Å². The zero-order chi connectivity index (χ0) is 17.9. The van der Waals surface area contributed by atoms with E-state index < -0.39 is 37.1 Å². The first-order valence-corrected chi connectivity index (χ1v) is 7.24. The fourth-order valence-corrected chi connectivity index (χ4v) is 1.65. The van der Waals surface area contributed by atoms with Crippen molar-refractivity contribution in [3.63, 3.8) is 0 Å². The van der Waals surface area contributed by atoms with Crippen LogP contribution in [0.2, 0.25) is 0 Å². The molecular weight excluding hydrogens is 320 g/mol. The third-order valence-corrected chi connectivity index (χ3v) is 2.62. The van der Waals surface area contributed by atoms with Crippen LogP contribution in [-0.4, -0.2) is 50.3 Å². The average molecular weight is 338 g/mol. The predicted molar refractivity (Wildman–Crippen MR) is 80.3 cm³/mol. The fraction of sp³-hybridized carbons (Fsp3) is 0.375. The minimum atomic E-state index is -0.883. The van der Waals surface area contributed by atoms with Gasteiger partial charge in [0.25, 0.3) is 0 Å². The predicted octanol–water partition coefficient (Wildman–Crippen LogP) is 1.13. The van der Waals surface area contributed by atoms with E-state index in [1.54, 1.807) is 13.8 Å². The quantitative estimate of drug-likeness (QED) is 0.513.